The lowest BCUT2D eigenvalue weighted by Crippen LogP contribution is -2.20. The van der Waals surface area contributed by atoms with Gasteiger partial charge < -0.3 is 15.1 Å². The van der Waals surface area contributed by atoms with Gasteiger partial charge in [-0.05, 0) is 75.3 Å². The maximum atomic E-state index is 12.3. The molecule has 0 saturated heterocycles. The van der Waals surface area contributed by atoms with Gasteiger partial charge in [0, 0.05) is 20.5 Å². The Bertz CT molecular complexity index is 1370. The molecule has 2 aromatic carbocycles. The minimum Gasteiger partial charge on any atom is -0.465 e. The van der Waals surface area contributed by atoms with Gasteiger partial charge in [0.2, 0.25) is 5.78 Å². The zero-order valence-corrected chi connectivity index (χ0v) is 18.9. The van der Waals surface area contributed by atoms with Crippen LogP contribution >= 0.6 is 20.7 Å². The van der Waals surface area contributed by atoms with Gasteiger partial charge in [-0.15, -0.1) is 0 Å². The first-order valence-electron chi connectivity index (χ1n) is 9.89. The van der Waals surface area contributed by atoms with Gasteiger partial charge in [-0.3, -0.25) is 4.79 Å². The van der Waals surface area contributed by atoms with E-state index in [-0.39, 0.29) is 38.2 Å². The fraction of sp³-hybridized carbons (Fsp3) is 0.120. The van der Waals surface area contributed by atoms with Gasteiger partial charge in [-0.1, -0.05) is 38.9 Å². The summed E-state index contributed by atoms with van der Waals surface area (Å²) in [6, 6.07) is 13.8. The molecule has 154 valence electrons. The average Bonchev–Trinajstić information content (AvgIpc) is 3.25. The zero-order chi connectivity index (χ0) is 21.5. The molecule has 0 saturated carbocycles. The predicted molar refractivity (Wildman–Crippen MR) is 132 cm³/mol. The number of H-pyrrole nitrogens is 1. The topological polar surface area (TPSA) is 83.0 Å². The van der Waals surface area contributed by atoms with Gasteiger partial charge in [-0.25, -0.2) is 4.79 Å². The molecule has 2 heterocycles. The van der Waals surface area contributed by atoms with Gasteiger partial charge in [-0.2, -0.15) is 0 Å². The fourth-order valence-corrected chi connectivity index (χ4v) is 6.08. The molecule has 5 nitrogen and oxygen atoms in total. The van der Waals surface area contributed by atoms with E-state index in [9.17, 15) is 9.59 Å². The Morgan fingerprint density at radius 2 is 1.90 bits per heavy atom. The van der Waals surface area contributed by atoms with Gasteiger partial charge in [0.25, 0.3) is 0 Å². The van der Waals surface area contributed by atoms with Crippen molar-refractivity contribution >= 4 is 58.0 Å². The Morgan fingerprint density at radius 3 is 2.74 bits per heavy atom. The third kappa shape index (κ3) is 3.61. The van der Waals surface area contributed by atoms with Crippen molar-refractivity contribution in [1.82, 2.24) is 4.98 Å². The normalized spacial score (nSPS) is 15.8. The van der Waals surface area contributed by atoms with E-state index >= 15 is 0 Å². The number of rotatable bonds is 3. The second-order valence-electron chi connectivity index (χ2n) is 7.50. The van der Waals surface area contributed by atoms with E-state index in [0.717, 1.165) is 27.7 Å². The highest BCUT2D eigenvalue weighted by Crippen LogP contribution is 2.30. The number of ketones is 1. The molecule has 0 bridgehead atoms. The monoisotopic (exact) mass is 522 g/mol. The predicted octanol–water partition coefficient (Wildman–Crippen LogP) is 5.21. The van der Waals surface area contributed by atoms with E-state index in [1.807, 2.05) is 24.3 Å². The molecule has 5 rings (SSSR count). The van der Waals surface area contributed by atoms with E-state index in [4.69, 9.17) is 10.1 Å². The highest BCUT2D eigenvalue weighted by Gasteiger charge is 2.25. The van der Waals surface area contributed by atoms with Crippen LogP contribution in [0.5, 0.6) is 0 Å². The molecule has 1 aliphatic heterocycles. The Kier molecular flexibility index (Phi) is 5.02. The van der Waals surface area contributed by atoms with Crippen LogP contribution in [0.25, 0.3) is 16.3 Å². The third-order valence-electron chi connectivity index (χ3n) is 5.60. The molecule has 2 aliphatic rings. The molecule has 0 amide bonds. The van der Waals surface area contributed by atoms with Crippen molar-refractivity contribution in [3.63, 3.8) is 0 Å². The van der Waals surface area contributed by atoms with Gasteiger partial charge in [0.05, 0.1) is 18.4 Å². The van der Waals surface area contributed by atoms with Crippen LogP contribution in [-0.4, -0.2) is 33.1 Å². The van der Waals surface area contributed by atoms with E-state index in [2.05, 4.69) is 33.4 Å². The molecule has 0 unspecified atom stereocenters. The van der Waals surface area contributed by atoms with Crippen molar-refractivity contribution in [2.45, 2.75) is 12.8 Å². The Labute approximate surface area is 189 Å². The number of nitrogens with one attached hydrogen (secondary N) is 2. The number of halogens is 1. The van der Waals surface area contributed by atoms with Crippen molar-refractivity contribution in [3.8, 4) is 0 Å². The number of allylic oxidation sites excluding steroid dienone is 3. The SMILES string of the molecule is COC(=O)c1ccc2cc(C3=IC=CC(c4cc5c([nH]4)CCC(=N)C5=O)=C3)ccc2c1. The zero-order valence-electron chi connectivity index (χ0n) is 16.8. The number of methoxy groups -OCH3 is 1. The standard InChI is InChI=1S/C25H19IN2O3/c1-31-25(30)18-5-3-14-10-16(4-2-15(14)11-18)20-12-17(8-9-26-20)23-13-19-22(28-23)7-6-21(27)24(19)29/h2-5,8-13,27-28H,6-7H2,1H3. The summed E-state index contributed by atoms with van der Waals surface area (Å²) in [6.07, 6.45) is 5.52. The second kappa shape index (κ2) is 7.85. The van der Waals surface area contributed by atoms with Crippen molar-refractivity contribution in [3.05, 3.63) is 86.8 Å². The maximum absolute atomic E-state index is 12.3. The number of Topliss-reactive ketones (excluding diaryl/α,β-unsaturated/α-hetero) is 1. The van der Waals surface area contributed by atoms with Crippen LogP contribution in [0.4, 0.5) is 0 Å². The quantitative estimate of drug-likeness (QED) is 0.366. The molecule has 0 fully saturated rings. The fourth-order valence-electron chi connectivity index (χ4n) is 3.92. The number of aromatic amines is 1. The Hall–Kier alpha value is -3.13. The molecule has 3 aromatic rings. The van der Waals surface area contributed by atoms with Crippen molar-refractivity contribution < 1.29 is 14.3 Å². The number of carbonyl (C=O) groups excluding carboxylic acids is 2. The molecule has 2 N–H and O–H groups in total. The first-order chi connectivity index (χ1) is 15.0. The van der Waals surface area contributed by atoms with Crippen molar-refractivity contribution in [1.29, 1.82) is 5.41 Å². The highest BCUT2D eigenvalue weighted by atomic mass is 127. The number of aromatic nitrogens is 1. The number of esters is 1. The molecule has 1 aromatic heterocycles. The Morgan fingerprint density at radius 1 is 1.10 bits per heavy atom. The second-order valence-corrected chi connectivity index (χ2v) is 10.0. The summed E-state index contributed by atoms with van der Waals surface area (Å²) in [5, 5.41) is 9.89. The van der Waals surface area contributed by atoms with Crippen molar-refractivity contribution in [2.75, 3.05) is 7.11 Å². The summed E-state index contributed by atoms with van der Waals surface area (Å²) in [5.74, 6) is -0.500. The number of hydrogen-bond acceptors (Lipinski definition) is 4. The van der Waals surface area contributed by atoms with Crippen LogP contribution in [0.1, 0.15) is 44.1 Å². The molecular weight excluding hydrogens is 503 g/mol. The van der Waals surface area contributed by atoms with E-state index < -0.39 is 0 Å². The summed E-state index contributed by atoms with van der Waals surface area (Å²) in [4.78, 5) is 27.5. The van der Waals surface area contributed by atoms with E-state index in [0.29, 0.717) is 24.0 Å². The molecule has 0 spiro atoms. The lowest BCUT2D eigenvalue weighted by atomic mass is 9.95. The number of ether oxygens (including phenoxy) is 1. The summed E-state index contributed by atoms with van der Waals surface area (Å²) in [5.41, 5.74) is 5.44. The van der Waals surface area contributed by atoms with Crippen LogP contribution in [0, 0.1) is 5.41 Å². The minimum absolute atomic E-state index is 0.165. The van der Waals surface area contributed by atoms with Gasteiger partial charge in [0.15, 0.2) is 0 Å². The Balaban J connectivity index is 1.48. The molecular formula is C25H19IN2O3. The van der Waals surface area contributed by atoms with Crippen LogP contribution in [0.15, 0.2) is 58.7 Å². The highest BCUT2D eigenvalue weighted by molar-refractivity contribution is 14.2. The summed E-state index contributed by atoms with van der Waals surface area (Å²) in [6.45, 7) is 0. The molecule has 6 heteroatoms. The van der Waals surface area contributed by atoms with Crippen LogP contribution in [0.2, 0.25) is 0 Å². The first-order valence-corrected chi connectivity index (χ1v) is 12.2. The molecule has 31 heavy (non-hydrogen) atoms. The van der Waals surface area contributed by atoms with Crippen molar-refractivity contribution in [2.24, 2.45) is 0 Å². The maximum Gasteiger partial charge on any atom is 0.337 e. The smallest absolute Gasteiger partial charge is 0.337 e. The molecule has 1 aliphatic carbocycles. The van der Waals surface area contributed by atoms with Crippen LogP contribution in [-0.2, 0) is 11.2 Å². The van der Waals surface area contributed by atoms with Gasteiger partial charge >= 0.3 is 5.97 Å². The number of aryl methyl sites for hydroxylation is 1. The lowest BCUT2D eigenvalue weighted by Gasteiger charge is -2.10. The first kappa shape index (κ1) is 19.8. The number of fused-ring (bicyclic) bond motifs is 2. The third-order valence-corrected chi connectivity index (χ3v) is 7.92. The number of benzene rings is 2. The average molecular weight is 522 g/mol. The summed E-state index contributed by atoms with van der Waals surface area (Å²) >= 11 is -0.267. The number of hydrogen-bond donors (Lipinski definition) is 2. The van der Waals surface area contributed by atoms with E-state index in [1.54, 1.807) is 6.07 Å². The number of carbonyl (C=O) groups is 2. The summed E-state index contributed by atoms with van der Waals surface area (Å²) in [7, 11) is 1.39. The summed E-state index contributed by atoms with van der Waals surface area (Å²) < 4.78 is 8.34. The lowest BCUT2D eigenvalue weighted by molar-refractivity contribution is 0.0601. The molecule has 0 radical (unpaired) electrons. The largest absolute Gasteiger partial charge is 0.465 e. The van der Waals surface area contributed by atoms with Crippen LogP contribution < -0.4 is 0 Å². The van der Waals surface area contributed by atoms with Gasteiger partial charge in [0.1, 0.15) is 0 Å². The minimum atomic E-state index is -0.335. The molecule has 0 atom stereocenters. The van der Waals surface area contributed by atoms with Crippen LogP contribution in [0.3, 0.4) is 0 Å². The van der Waals surface area contributed by atoms with E-state index in [1.165, 1.54) is 16.2 Å².